The highest BCUT2D eigenvalue weighted by molar-refractivity contribution is 5.54. The number of ether oxygens (including phenoxy) is 3. The van der Waals surface area contributed by atoms with Gasteiger partial charge < -0.3 is 29.3 Å². The van der Waals surface area contributed by atoms with Crippen molar-refractivity contribution in [1.82, 2.24) is 0 Å². The monoisotopic (exact) mass is 330 g/mol. The summed E-state index contributed by atoms with van der Waals surface area (Å²) in [6.07, 6.45) is 0. The molecular formula is C18H20NO5+. The van der Waals surface area contributed by atoms with Gasteiger partial charge in [-0.25, -0.2) is 0 Å². The minimum atomic E-state index is -0.204. The Labute approximate surface area is 139 Å². The van der Waals surface area contributed by atoms with E-state index in [0.29, 0.717) is 24.7 Å². The zero-order chi connectivity index (χ0) is 16.5. The van der Waals surface area contributed by atoms with Gasteiger partial charge in [0, 0.05) is 6.07 Å². The van der Waals surface area contributed by atoms with Gasteiger partial charge in [0.1, 0.15) is 30.6 Å². The summed E-state index contributed by atoms with van der Waals surface area (Å²) in [5, 5.41) is 20.9. The molecule has 0 radical (unpaired) electrons. The molecule has 1 saturated heterocycles. The first-order chi connectivity index (χ1) is 11.7. The van der Waals surface area contributed by atoms with Crippen molar-refractivity contribution < 1.29 is 29.3 Å². The van der Waals surface area contributed by atoms with E-state index in [9.17, 15) is 10.2 Å². The second kappa shape index (κ2) is 6.22. The molecule has 6 heteroatoms. The van der Waals surface area contributed by atoms with Crippen LogP contribution in [-0.4, -0.2) is 43.3 Å². The molecule has 24 heavy (non-hydrogen) atoms. The number of aromatic hydroxyl groups is 2. The smallest absolute Gasteiger partial charge is 0.231 e. The van der Waals surface area contributed by atoms with E-state index in [1.165, 1.54) is 4.90 Å². The molecule has 1 atom stereocenters. The first kappa shape index (κ1) is 15.1. The number of benzene rings is 2. The normalized spacial score (nSPS) is 18.5. The summed E-state index contributed by atoms with van der Waals surface area (Å²) in [5.74, 6) is 1.53. The Kier molecular flexibility index (Phi) is 3.92. The van der Waals surface area contributed by atoms with Gasteiger partial charge in [-0.15, -0.1) is 0 Å². The van der Waals surface area contributed by atoms with Gasteiger partial charge in [-0.1, -0.05) is 12.1 Å². The van der Waals surface area contributed by atoms with Crippen LogP contribution in [0.25, 0.3) is 0 Å². The quantitative estimate of drug-likeness (QED) is 0.778. The maximum absolute atomic E-state index is 10.6. The van der Waals surface area contributed by atoms with Gasteiger partial charge in [0.15, 0.2) is 11.5 Å². The number of morpholine rings is 1. The van der Waals surface area contributed by atoms with Crippen molar-refractivity contribution in [3.05, 3.63) is 47.5 Å². The lowest BCUT2D eigenvalue weighted by Gasteiger charge is -2.32. The van der Waals surface area contributed by atoms with Crippen LogP contribution in [0.1, 0.15) is 17.2 Å². The van der Waals surface area contributed by atoms with Crippen LogP contribution in [0.2, 0.25) is 0 Å². The molecule has 0 bridgehead atoms. The van der Waals surface area contributed by atoms with Gasteiger partial charge in [-0.05, 0) is 18.2 Å². The van der Waals surface area contributed by atoms with Crippen LogP contribution < -0.4 is 14.4 Å². The number of phenols is 2. The number of phenolic OH excluding ortho intramolecular Hbond substituents is 2. The molecule has 1 fully saturated rings. The third kappa shape index (κ3) is 2.64. The van der Waals surface area contributed by atoms with Crippen LogP contribution in [0, 0.1) is 0 Å². The van der Waals surface area contributed by atoms with Crippen molar-refractivity contribution in [2.75, 3.05) is 33.1 Å². The van der Waals surface area contributed by atoms with E-state index in [2.05, 4.69) is 0 Å². The predicted molar refractivity (Wildman–Crippen MR) is 85.7 cm³/mol. The number of rotatable bonds is 3. The van der Waals surface area contributed by atoms with Crippen LogP contribution in [0.15, 0.2) is 36.4 Å². The Morgan fingerprint density at radius 2 is 1.58 bits per heavy atom. The zero-order valence-corrected chi connectivity index (χ0v) is 13.2. The van der Waals surface area contributed by atoms with Crippen LogP contribution in [-0.2, 0) is 4.74 Å². The number of fused-ring (bicyclic) bond motifs is 1. The molecular weight excluding hydrogens is 310 g/mol. The number of para-hydroxylation sites is 1. The standard InChI is InChI=1S/C18H19NO5/c20-14-4-2-1-3-12(14)18(19-5-7-22-8-6-19)13-9-16-17(10-15(13)21)24-11-23-16/h1-4,9-10,18,20-21H,5-8,11H2/p+1/t18-/m1/s1. The van der Waals surface area contributed by atoms with Gasteiger partial charge in [-0.2, -0.15) is 0 Å². The predicted octanol–water partition coefficient (Wildman–Crippen LogP) is 0.831. The molecule has 2 heterocycles. The van der Waals surface area contributed by atoms with Gasteiger partial charge in [0.25, 0.3) is 0 Å². The molecule has 0 unspecified atom stereocenters. The molecule has 0 saturated carbocycles. The fourth-order valence-electron chi connectivity index (χ4n) is 3.44. The lowest BCUT2D eigenvalue weighted by Crippen LogP contribution is -3.14. The van der Waals surface area contributed by atoms with Crippen molar-refractivity contribution in [2.24, 2.45) is 0 Å². The Hall–Kier alpha value is -2.44. The summed E-state index contributed by atoms with van der Waals surface area (Å²) in [5.41, 5.74) is 1.50. The third-order valence-electron chi connectivity index (χ3n) is 4.62. The molecule has 2 aromatic carbocycles. The van der Waals surface area contributed by atoms with Crippen molar-refractivity contribution in [2.45, 2.75) is 6.04 Å². The molecule has 6 nitrogen and oxygen atoms in total. The summed E-state index contributed by atoms with van der Waals surface area (Å²) in [4.78, 5) is 1.23. The average molecular weight is 330 g/mol. The fraction of sp³-hybridized carbons (Fsp3) is 0.333. The van der Waals surface area contributed by atoms with Crippen LogP contribution >= 0.6 is 0 Å². The molecule has 0 aromatic heterocycles. The molecule has 0 amide bonds. The topological polar surface area (TPSA) is 72.6 Å². The van der Waals surface area contributed by atoms with Gasteiger partial charge in [0.2, 0.25) is 6.79 Å². The largest absolute Gasteiger partial charge is 0.507 e. The van der Waals surface area contributed by atoms with Gasteiger partial charge in [-0.3, -0.25) is 0 Å². The Morgan fingerprint density at radius 1 is 0.875 bits per heavy atom. The minimum absolute atomic E-state index is 0.145. The Balaban J connectivity index is 1.82. The molecule has 2 aliphatic rings. The first-order valence-electron chi connectivity index (χ1n) is 8.07. The van der Waals surface area contributed by atoms with Crippen molar-refractivity contribution in [3.63, 3.8) is 0 Å². The summed E-state index contributed by atoms with van der Waals surface area (Å²) in [7, 11) is 0. The summed E-state index contributed by atoms with van der Waals surface area (Å²) < 4.78 is 16.3. The summed E-state index contributed by atoms with van der Waals surface area (Å²) in [6.45, 7) is 3.07. The second-order valence-electron chi connectivity index (χ2n) is 6.03. The van der Waals surface area contributed by atoms with E-state index in [0.717, 1.165) is 24.2 Å². The lowest BCUT2D eigenvalue weighted by molar-refractivity contribution is -0.933. The number of nitrogens with one attached hydrogen (secondary N) is 1. The zero-order valence-electron chi connectivity index (χ0n) is 13.2. The van der Waals surface area contributed by atoms with E-state index in [-0.39, 0.29) is 24.3 Å². The summed E-state index contributed by atoms with van der Waals surface area (Å²) >= 11 is 0. The van der Waals surface area contributed by atoms with Crippen molar-refractivity contribution >= 4 is 0 Å². The van der Waals surface area contributed by atoms with Crippen LogP contribution in [0.5, 0.6) is 23.0 Å². The van der Waals surface area contributed by atoms with E-state index >= 15 is 0 Å². The maximum Gasteiger partial charge on any atom is 0.231 e. The van der Waals surface area contributed by atoms with Crippen molar-refractivity contribution in [1.29, 1.82) is 0 Å². The SMILES string of the molecule is Oc1ccccc1[C@H](c1cc2c(cc1O)OCO2)[NH+]1CCOCC1. The van der Waals surface area contributed by atoms with Crippen LogP contribution in [0.4, 0.5) is 0 Å². The highest BCUT2D eigenvalue weighted by Crippen LogP contribution is 2.41. The number of hydrogen-bond acceptors (Lipinski definition) is 5. The third-order valence-corrected chi connectivity index (χ3v) is 4.62. The highest BCUT2D eigenvalue weighted by atomic mass is 16.7. The van der Waals surface area contributed by atoms with Gasteiger partial charge in [0.05, 0.1) is 24.3 Å². The van der Waals surface area contributed by atoms with E-state index in [4.69, 9.17) is 14.2 Å². The molecule has 126 valence electrons. The minimum Gasteiger partial charge on any atom is -0.507 e. The first-order valence-corrected chi connectivity index (χ1v) is 8.07. The summed E-state index contributed by atoms with van der Waals surface area (Å²) in [6, 6.07) is 10.5. The highest BCUT2D eigenvalue weighted by Gasteiger charge is 2.33. The Morgan fingerprint density at radius 3 is 2.33 bits per heavy atom. The molecule has 2 aliphatic heterocycles. The molecule has 3 N–H and O–H groups in total. The molecule has 2 aromatic rings. The van der Waals surface area contributed by atoms with E-state index in [1.807, 2.05) is 18.2 Å². The van der Waals surface area contributed by atoms with Gasteiger partial charge >= 0.3 is 0 Å². The lowest BCUT2D eigenvalue weighted by atomic mass is 9.94. The fourth-order valence-corrected chi connectivity index (χ4v) is 3.44. The Bertz CT molecular complexity index is 742. The molecule has 4 rings (SSSR count). The number of quaternary nitrogens is 1. The van der Waals surface area contributed by atoms with Crippen molar-refractivity contribution in [3.8, 4) is 23.0 Å². The average Bonchev–Trinajstić information content (AvgIpc) is 3.05. The molecule has 0 spiro atoms. The molecule has 0 aliphatic carbocycles. The van der Waals surface area contributed by atoms with E-state index < -0.39 is 0 Å². The number of hydrogen-bond donors (Lipinski definition) is 3. The van der Waals surface area contributed by atoms with E-state index in [1.54, 1.807) is 18.2 Å². The van der Waals surface area contributed by atoms with Crippen LogP contribution in [0.3, 0.4) is 0 Å². The second-order valence-corrected chi connectivity index (χ2v) is 6.03. The maximum atomic E-state index is 10.6.